The minimum absolute atomic E-state index is 0.274. The molecule has 1 fully saturated rings. The van der Waals surface area contributed by atoms with E-state index in [1.165, 1.54) is 6.42 Å². The summed E-state index contributed by atoms with van der Waals surface area (Å²) >= 11 is 0. The van der Waals surface area contributed by atoms with E-state index in [4.69, 9.17) is 5.11 Å². The summed E-state index contributed by atoms with van der Waals surface area (Å²) in [6.45, 7) is 4.51. The van der Waals surface area contributed by atoms with E-state index in [9.17, 15) is 0 Å². The van der Waals surface area contributed by atoms with E-state index in [1.807, 2.05) is 0 Å². The molecule has 0 radical (unpaired) electrons. The first-order chi connectivity index (χ1) is 5.33. The van der Waals surface area contributed by atoms with Crippen molar-refractivity contribution in [2.75, 3.05) is 39.8 Å². The fourth-order valence-corrected chi connectivity index (χ4v) is 1.57. The Kier molecular flexibility index (Phi) is 3.83. The molecule has 0 aromatic rings. The van der Waals surface area contributed by atoms with Crippen molar-refractivity contribution in [1.82, 2.24) is 10.2 Å². The number of rotatable bonds is 4. The van der Waals surface area contributed by atoms with E-state index in [0.717, 1.165) is 32.1 Å². The monoisotopic (exact) mass is 158 g/mol. The molecule has 1 atom stereocenters. The van der Waals surface area contributed by atoms with Gasteiger partial charge in [0.05, 0.1) is 6.61 Å². The van der Waals surface area contributed by atoms with E-state index in [2.05, 4.69) is 17.3 Å². The number of nitrogens with zero attached hydrogens (tertiary/aromatic N) is 1. The van der Waals surface area contributed by atoms with Crippen LogP contribution in [0.5, 0.6) is 0 Å². The van der Waals surface area contributed by atoms with Gasteiger partial charge in [0.1, 0.15) is 0 Å². The Balaban J connectivity index is 2.08. The van der Waals surface area contributed by atoms with Crippen LogP contribution in [0.2, 0.25) is 0 Å². The van der Waals surface area contributed by atoms with Gasteiger partial charge < -0.3 is 15.3 Å². The summed E-state index contributed by atoms with van der Waals surface area (Å²) in [5.41, 5.74) is 0. The van der Waals surface area contributed by atoms with Crippen molar-refractivity contribution in [3.8, 4) is 0 Å². The van der Waals surface area contributed by atoms with Crippen molar-refractivity contribution in [2.45, 2.75) is 6.42 Å². The van der Waals surface area contributed by atoms with E-state index in [0.29, 0.717) is 0 Å². The smallest absolute Gasteiger partial charge is 0.0558 e. The van der Waals surface area contributed by atoms with Gasteiger partial charge in [0.15, 0.2) is 0 Å². The van der Waals surface area contributed by atoms with Crippen LogP contribution in [0.25, 0.3) is 0 Å². The van der Waals surface area contributed by atoms with E-state index < -0.39 is 0 Å². The summed E-state index contributed by atoms with van der Waals surface area (Å²) in [5.74, 6) is 0.798. The first-order valence-electron chi connectivity index (χ1n) is 4.33. The normalized spacial score (nSPS) is 24.8. The van der Waals surface area contributed by atoms with Crippen molar-refractivity contribution >= 4 is 0 Å². The van der Waals surface area contributed by atoms with Gasteiger partial charge in [0, 0.05) is 13.1 Å². The van der Waals surface area contributed by atoms with Crippen LogP contribution in [0.1, 0.15) is 6.42 Å². The summed E-state index contributed by atoms with van der Waals surface area (Å²) < 4.78 is 0. The van der Waals surface area contributed by atoms with Gasteiger partial charge in [-0.15, -0.1) is 0 Å². The number of aliphatic hydroxyl groups excluding tert-OH is 1. The van der Waals surface area contributed by atoms with Crippen molar-refractivity contribution in [3.05, 3.63) is 0 Å². The first kappa shape index (κ1) is 8.97. The summed E-state index contributed by atoms with van der Waals surface area (Å²) in [6, 6.07) is 0. The summed E-state index contributed by atoms with van der Waals surface area (Å²) in [7, 11) is 2.06. The lowest BCUT2D eigenvalue weighted by Gasteiger charge is -2.18. The Hall–Kier alpha value is -0.120. The van der Waals surface area contributed by atoms with Gasteiger partial charge in [-0.25, -0.2) is 0 Å². The topological polar surface area (TPSA) is 35.5 Å². The van der Waals surface area contributed by atoms with E-state index in [1.54, 1.807) is 0 Å². The highest BCUT2D eigenvalue weighted by atomic mass is 16.3. The van der Waals surface area contributed by atoms with Crippen LogP contribution in [-0.2, 0) is 0 Å². The fraction of sp³-hybridized carbons (Fsp3) is 1.00. The second-order valence-corrected chi connectivity index (χ2v) is 3.34. The van der Waals surface area contributed by atoms with E-state index in [-0.39, 0.29) is 6.61 Å². The minimum atomic E-state index is 0.274. The Labute approximate surface area is 68.4 Å². The maximum Gasteiger partial charge on any atom is 0.0558 e. The third-order valence-electron chi connectivity index (χ3n) is 2.21. The van der Waals surface area contributed by atoms with Gasteiger partial charge in [-0.1, -0.05) is 0 Å². The Morgan fingerprint density at radius 3 is 3.00 bits per heavy atom. The van der Waals surface area contributed by atoms with Crippen LogP contribution in [0.15, 0.2) is 0 Å². The predicted molar refractivity (Wildman–Crippen MR) is 45.6 cm³/mol. The number of likely N-dealkylation sites (N-methyl/N-ethyl adjacent to an activating group) is 1. The molecule has 1 aliphatic rings. The molecule has 0 aliphatic carbocycles. The minimum Gasteiger partial charge on any atom is -0.395 e. The zero-order valence-electron chi connectivity index (χ0n) is 7.21. The molecular weight excluding hydrogens is 140 g/mol. The van der Waals surface area contributed by atoms with Crippen molar-refractivity contribution < 1.29 is 5.11 Å². The summed E-state index contributed by atoms with van der Waals surface area (Å²) in [4.78, 5) is 2.19. The number of aliphatic hydroxyl groups is 1. The highest BCUT2D eigenvalue weighted by molar-refractivity contribution is 4.73. The molecule has 3 heteroatoms. The maximum atomic E-state index is 8.65. The van der Waals surface area contributed by atoms with Crippen molar-refractivity contribution in [2.24, 2.45) is 5.92 Å². The zero-order valence-corrected chi connectivity index (χ0v) is 7.21. The first-order valence-corrected chi connectivity index (χ1v) is 4.33. The van der Waals surface area contributed by atoms with Crippen LogP contribution in [0.3, 0.4) is 0 Å². The van der Waals surface area contributed by atoms with Crippen LogP contribution < -0.4 is 5.32 Å². The lowest BCUT2D eigenvalue weighted by Crippen LogP contribution is -2.29. The number of hydrogen-bond acceptors (Lipinski definition) is 3. The van der Waals surface area contributed by atoms with Gasteiger partial charge in [-0.3, -0.25) is 0 Å². The molecule has 2 N–H and O–H groups in total. The van der Waals surface area contributed by atoms with Gasteiger partial charge in [0.2, 0.25) is 0 Å². The predicted octanol–water partition coefficient (Wildman–Crippen LogP) is -0.480. The molecule has 0 saturated carbocycles. The van der Waals surface area contributed by atoms with Crippen LogP contribution in [0, 0.1) is 5.92 Å². The molecule has 1 rings (SSSR count). The summed E-state index contributed by atoms with van der Waals surface area (Å²) in [5, 5.41) is 12.0. The van der Waals surface area contributed by atoms with Crippen molar-refractivity contribution in [3.63, 3.8) is 0 Å². The third-order valence-corrected chi connectivity index (χ3v) is 2.21. The molecule has 0 spiro atoms. The molecule has 3 nitrogen and oxygen atoms in total. The van der Waals surface area contributed by atoms with E-state index >= 15 is 0 Å². The lowest BCUT2D eigenvalue weighted by atomic mass is 10.1. The molecule has 1 aliphatic heterocycles. The molecule has 0 amide bonds. The van der Waals surface area contributed by atoms with Gasteiger partial charge in [-0.2, -0.15) is 0 Å². The zero-order chi connectivity index (χ0) is 8.10. The number of hydrogen-bond donors (Lipinski definition) is 2. The Morgan fingerprint density at radius 2 is 2.45 bits per heavy atom. The van der Waals surface area contributed by atoms with Crippen LogP contribution in [-0.4, -0.2) is 49.8 Å². The second kappa shape index (κ2) is 4.70. The molecule has 1 saturated heterocycles. The maximum absolute atomic E-state index is 8.65. The molecule has 1 unspecified atom stereocenters. The third kappa shape index (κ3) is 3.18. The Morgan fingerprint density at radius 1 is 1.64 bits per heavy atom. The van der Waals surface area contributed by atoms with Crippen LogP contribution >= 0.6 is 0 Å². The molecule has 1 heterocycles. The highest BCUT2D eigenvalue weighted by Gasteiger charge is 2.15. The fourth-order valence-electron chi connectivity index (χ4n) is 1.57. The lowest BCUT2D eigenvalue weighted by molar-refractivity contribution is 0.205. The highest BCUT2D eigenvalue weighted by Crippen LogP contribution is 2.07. The van der Waals surface area contributed by atoms with Crippen LogP contribution in [0.4, 0.5) is 0 Å². The second-order valence-electron chi connectivity index (χ2n) is 3.34. The molecular formula is C8H18N2O. The quantitative estimate of drug-likeness (QED) is 0.580. The van der Waals surface area contributed by atoms with Gasteiger partial charge >= 0.3 is 0 Å². The SMILES string of the molecule is CN(CCO)CC1CCNC1. The number of nitrogens with one attached hydrogen (secondary N) is 1. The molecule has 66 valence electrons. The molecule has 0 aromatic heterocycles. The molecule has 0 bridgehead atoms. The average molecular weight is 158 g/mol. The largest absolute Gasteiger partial charge is 0.395 e. The van der Waals surface area contributed by atoms with Crippen molar-refractivity contribution in [1.29, 1.82) is 0 Å². The van der Waals surface area contributed by atoms with Gasteiger partial charge in [0.25, 0.3) is 0 Å². The average Bonchev–Trinajstić information content (AvgIpc) is 2.40. The van der Waals surface area contributed by atoms with Gasteiger partial charge in [-0.05, 0) is 32.5 Å². The molecule has 11 heavy (non-hydrogen) atoms. The standard InChI is InChI=1S/C8H18N2O/c1-10(4-5-11)7-8-2-3-9-6-8/h8-9,11H,2-7H2,1H3. The summed E-state index contributed by atoms with van der Waals surface area (Å²) in [6.07, 6.45) is 1.29. The Bertz CT molecular complexity index is 102. The molecule has 0 aromatic carbocycles.